The van der Waals surface area contributed by atoms with Gasteiger partial charge in [0.05, 0.1) is 35.7 Å². The Morgan fingerprint density at radius 1 is 1.16 bits per heavy atom. The van der Waals surface area contributed by atoms with Gasteiger partial charge in [-0.05, 0) is 56.2 Å². The summed E-state index contributed by atoms with van der Waals surface area (Å²) in [7, 11) is 0. The molecule has 2 aliphatic heterocycles. The molecule has 166 valence electrons. The van der Waals surface area contributed by atoms with Crippen LogP contribution in [0.25, 0.3) is 5.69 Å². The molecule has 3 aromatic rings. The fraction of sp³-hybridized carbons (Fsp3) is 0.417. The van der Waals surface area contributed by atoms with Gasteiger partial charge in [-0.25, -0.2) is 9.37 Å². The number of hydrogen-bond donors (Lipinski definition) is 0. The van der Waals surface area contributed by atoms with E-state index in [1.165, 1.54) is 4.80 Å². The molecular formula is C24H26FN5O2. The number of aromatic nitrogens is 4. The number of amides is 1. The van der Waals surface area contributed by atoms with Gasteiger partial charge in [-0.15, -0.1) is 0 Å². The lowest BCUT2D eigenvalue weighted by atomic mass is 9.72. The van der Waals surface area contributed by atoms with Crippen LogP contribution >= 0.6 is 0 Å². The summed E-state index contributed by atoms with van der Waals surface area (Å²) >= 11 is 0. The first-order valence-corrected chi connectivity index (χ1v) is 11.0. The molecule has 2 aromatic heterocycles. The number of ether oxygens (including phenoxy) is 1. The Kier molecular flexibility index (Phi) is 5.36. The number of fused-ring (bicyclic) bond motifs is 3. The Bertz CT molecular complexity index is 1100. The minimum absolute atomic E-state index is 0.0553. The third-order valence-electron chi connectivity index (χ3n) is 6.70. The predicted octanol–water partition coefficient (Wildman–Crippen LogP) is 3.69. The maximum Gasteiger partial charge on any atom is 0.257 e. The van der Waals surface area contributed by atoms with Gasteiger partial charge in [0.1, 0.15) is 12.8 Å². The first-order valence-electron chi connectivity index (χ1n) is 11.0. The lowest BCUT2D eigenvalue weighted by Crippen LogP contribution is -2.65. The van der Waals surface area contributed by atoms with Crippen LogP contribution in [-0.4, -0.2) is 55.6 Å². The minimum atomic E-state index is -0.566. The molecule has 1 saturated carbocycles. The van der Waals surface area contributed by atoms with Crippen LogP contribution in [0.4, 0.5) is 4.39 Å². The monoisotopic (exact) mass is 435 g/mol. The first kappa shape index (κ1) is 20.6. The van der Waals surface area contributed by atoms with Crippen LogP contribution in [0, 0.1) is 19.8 Å². The molecule has 3 aliphatic rings. The molecule has 7 nitrogen and oxygen atoms in total. The second-order valence-corrected chi connectivity index (χ2v) is 8.69. The third-order valence-corrected chi connectivity index (χ3v) is 6.70. The van der Waals surface area contributed by atoms with E-state index in [0.29, 0.717) is 17.1 Å². The summed E-state index contributed by atoms with van der Waals surface area (Å²) in [4.78, 5) is 21.5. The van der Waals surface area contributed by atoms with Gasteiger partial charge in [-0.1, -0.05) is 18.2 Å². The first-order chi connectivity index (χ1) is 15.6. The average Bonchev–Trinajstić information content (AvgIpc) is 3.35. The van der Waals surface area contributed by atoms with E-state index in [0.717, 1.165) is 30.4 Å². The van der Waals surface area contributed by atoms with Crippen molar-refractivity contribution in [3.05, 3.63) is 65.6 Å². The van der Waals surface area contributed by atoms with E-state index in [1.54, 1.807) is 23.5 Å². The summed E-state index contributed by atoms with van der Waals surface area (Å²) in [5, 5.41) is 8.42. The molecule has 2 saturated heterocycles. The van der Waals surface area contributed by atoms with Crippen LogP contribution in [0.5, 0.6) is 5.88 Å². The Labute approximate surface area is 186 Å². The molecule has 1 aromatic carbocycles. The van der Waals surface area contributed by atoms with Crippen molar-refractivity contribution in [2.24, 2.45) is 5.92 Å². The van der Waals surface area contributed by atoms with Crippen LogP contribution < -0.4 is 4.74 Å². The third kappa shape index (κ3) is 3.53. The second kappa shape index (κ2) is 8.33. The van der Waals surface area contributed by atoms with Crippen molar-refractivity contribution in [3.8, 4) is 11.6 Å². The summed E-state index contributed by atoms with van der Waals surface area (Å²) < 4.78 is 20.5. The zero-order valence-corrected chi connectivity index (χ0v) is 18.2. The molecule has 0 radical (unpaired) electrons. The molecule has 4 heterocycles. The Balaban J connectivity index is 1.50. The molecule has 8 heteroatoms. The van der Waals surface area contributed by atoms with Gasteiger partial charge >= 0.3 is 0 Å². The van der Waals surface area contributed by atoms with E-state index in [4.69, 9.17) is 4.74 Å². The smallest absolute Gasteiger partial charge is 0.257 e. The number of piperidine rings is 2. The molecule has 0 N–H and O–H groups in total. The van der Waals surface area contributed by atoms with Crippen molar-refractivity contribution in [1.29, 1.82) is 0 Å². The van der Waals surface area contributed by atoms with E-state index in [1.807, 2.05) is 44.2 Å². The number of carbonyl (C=O) groups excluding carboxylic acids is 1. The van der Waals surface area contributed by atoms with E-state index in [2.05, 4.69) is 15.2 Å². The predicted molar refractivity (Wildman–Crippen MR) is 117 cm³/mol. The number of halogens is 1. The molecule has 1 aliphatic carbocycles. The highest BCUT2D eigenvalue weighted by Crippen LogP contribution is 2.42. The molecule has 1 amide bonds. The van der Waals surface area contributed by atoms with Crippen molar-refractivity contribution in [2.75, 3.05) is 6.67 Å². The van der Waals surface area contributed by atoms with Gasteiger partial charge in [0, 0.05) is 12.3 Å². The summed E-state index contributed by atoms with van der Waals surface area (Å²) in [6.07, 6.45) is 7.09. The lowest BCUT2D eigenvalue weighted by molar-refractivity contribution is -0.0704. The van der Waals surface area contributed by atoms with Gasteiger partial charge in [-0.2, -0.15) is 15.0 Å². The Hall–Kier alpha value is -3.29. The van der Waals surface area contributed by atoms with Gasteiger partial charge in [0.2, 0.25) is 5.88 Å². The van der Waals surface area contributed by atoms with E-state index in [9.17, 15) is 9.18 Å². The number of carbonyl (C=O) groups is 1. The van der Waals surface area contributed by atoms with E-state index in [-0.39, 0.29) is 24.0 Å². The van der Waals surface area contributed by atoms with Gasteiger partial charge in [-0.3, -0.25) is 4.79 Å². The van der Waals surface area contributed by atoms with Gasteiger partial charge < -0.3 is 9.64 Å². The summed E-state index contributed by atoms with van der Waals surface area (Å²) in [6.45, 7) is 3.29. The Morgan fingerprint density at radius 2 is 1.97 bits per heavy atom. The van der Waals surface area contributed by atoms with Crippen molar-refractivity contribution >= 4 is 5.91 Å². The number of rotatable bonds is 5. The molecule has 6 rings (SSSR count). The molecule has 2 bridgehead atoms. The van der Waals surface area contributed by atoms with Crippen molar-refractivity contribution in [2.45, 2.75) is 51.3 Å². The number of nitrogens with zero attached hydrogens (tertiary/aromatic N) is 5. The summed E-state index contributed by atoms with van der Waals surface area (Å²) in [5.74, 6) is 0.396. The highest BCUT2D eigenvalue weighted by Gasteiger charge is 2.50. The summed E-state index contributed by atoms with van der Waals surface area (Å²) in [5.41, 5.74) is 2.95. The molecular weight excluding hydrogens is 409 g/mol. The standard InChI is InChI=1S/C24H26FN5O2/c1-15-6-9-22(26-14-15)32-21-12-17-7-8-18(21)29(20(17)13-25)24(31)23-16(2)4-3-5-19(23)30-27-10-11-28-30/h3-6,9-11,14,17-18,20-21H,7-8,12-13H2,1-2H3. The van der Waals surface area contributed by atoms with Crippen LogP contribution in [0.1, 0.15) is 40.7 Å². The number of aryl methyl sites for hydroxylation is 2. The fourth-order valence-electron chi connectivity index (χ4n) is 5.16. The van der Waals surface area contributed by atoms with Crippen molar-refractivity contribution < 1.29 is 13.9 Å². The zero-order valence-electron chi connectivity index (χ0n) is 18.2. The molecule has 0 spiro atoms. The summed E-state index contributed by atoms with van der Waals surface area (Å²) in [6, 6.07) is 8.70. The van der Waals surface area contributed by atoms with Crippen LogP contribution in [0.15, 0.2) is 48.9 Å². The van der Waals surface area contributed by atoms with Gasteiger partial charge in [0.25, 0.3) is 5.91 Å². The fourth-order valence-corrected chi connectivity index (χ4v) is 5.16. The van der Waals surface area contributed by atoms with Crippen molar-refractivity contribution in [3.63, 3.8) is 0 Å². The van der Waals surface area contributed by atoms with Crippen molar-refractivity contribution in [1.82, 2.24) is 24.9 Å². The number of benzene rings is 1. The number of pyridine rings is 1. The quantitative estimate of drug-likeness (QED) is 0.611. The topological polar surface area (TPSA) is 73.1 Å². The maximum atomic E-state index is 14.3. The van der Waals surface area contributed by atoms with Crippen LogP contribution in [-0.2, 0) is 0 Å². The van der Waals surface area contributed by atoms with E-state index < -0.39 is 12.7 Å². The van der Waals surface area contributed by atoms with Crippen LogP contribution in [0.2, 0.25) is 0 Å². The highest BCUT2D eigenvalue weighted by molar-refractivity contribution is 5.99. The Morgan fingerprint density at radius 3 is 2.69 bits per heavy atom. The molecule has 3 fully saturated rings. The largest absolute Gasteiger partial charge is 0.472 e. The van der Waals surface area contributed by atoms with E-state index >= 15 is 0 Å². The van der Waals surface area contributed by atoms with Gasteiger partial charge in [0.15, 0.2) is 0 Å². The molecule has 4 unspecified atom stereocenters. The normalized spacial score (nSPS) is 24.5. The lowest BCUT2D eigenvalue weighted by Gasteiger charge is -2.53. The molecule has 4 atom stereocenters. The maximum absolute atomic E-state index is 14.3. The SMILES string of the molecule is Cc1ccc(OC2CC3CCC2N(C(=O)c2c(C)cccc2-n2nccn2)C3CF)nc1. The number of alkyl halides is 1. The number of hydrogen-bond acceptors (Lipinski definition) is 5. The minimum Gasteiger partial charge on any atom is -0.472 e. The van der Waals surface area contributed by atoms with Crippen LogP contribution in [0.3, 0.4) is 0 Å². The highest BCUT2D eigenvalue weighted by atomic mass is 19.1. The average molecular weight is 436 g/mol. The molecule has 32 heavy (non-hydrogen) atoms. The second-order valence-electron chi connectivity index (χ2n) is 8.69. The zero-order chi connectivity index (χ0) is 22.2.